The fourth-order valence-electron chi connectivity index (χ4n) is 1.47. The van der Waals surface area contributed by atoms with E-state index >= 15 is 0 Å². The lowest BCUT2D eigenvalue weighted by molar-refractivity contribution is 0.356. The number of hydrogen-bond acceptors (Lipinski definition) is 4. The van der Waals surface area contributed by atoms with Crippen LogP contribution in [-0.4, -0.2) is 10.1 Å². The van der Waals surface area contributed by atoms with Crippen LogP contribution in [0, 0.1) is 11.6 Å². The number of nitrogens with zero attached hydrogens (tertiary/aromatic N) is 2. The Balaban J connectivity index is 2.38. The molecule has 0 bridgehead atoms. The lowest BCUT2D eigenvalue weighted by Crippen LogP contribution is -2.09. The fourth-order valence-corrected chi connectivity index (χ4v) is 1.97. The molecule has 2 rings (SSSR count). The summed E-state index contributed by atoms with van der Waals surface area (Å²) in [5, 5.41) is 3.70. The molecule has 100 valence electrons. The van der Waals surface area contributed by atoms with Crippen molar-refractivity contribution in [1.29, 1.82) is 0 Å². The first-order chi connectivity index (χ1) is 9.04. The molecule has 4 nitrogen and oxygen atoms in total. The van der Waals surface area contributed by atoms with Gasteiger partial charge in [-0.05, 0) is 34.5 Å². The molecule has 0 spiro atoms. The molecule has 0 aliphatic carbocycles. The van der Waals surface area contributed by atoms with Crippen molar-refractivity contribution in [3.8, 4) is 11.4 Å². The maximum Gasteiger partial charge on any atom is 0.244 e. The van der Waals surface area contributed by atoms with Gasteiger partial charge in [-0.2, -0.15) is 4.98 Å². The molecule has 2 aromatic rings. The molecule has 0 fully saturated rings. The molecule has 1 heterocycles. The Morgan fingerprint density at radius 2 is 2.21 bits per heavy atom. The number of rotatable bonds is 4. The Morgan fingerprint density at radius 1 is 1.47 bits per heavy atom. The van der Waals surface area contributed by atoms with Gasteiger partial charge in [0.15, 0.2) is 11.6 Å². The van der Waals surface area contributed by atoms with Gasteiger partial charge in [0.2, 0.25) is 11.7 Å². The van der Waals surface area contributed by atoms with E-state index in [1.807, 2.05) is 0 Å². The van der Waals surface area contributed by atoms with Crippen LogP contribution < -0.4 is 5.73 Å². The summed E-state index contributed by atoms with van der Waals surface area (Å²) in [7, 11) is 0. The summed E-state index contributed by atoms with van der Waals surface area (Å²) < 4.78 is 31.4. The van der Waals surface area contributed by atoms with Gasteiger partial charge in [0.1, 0.15) is 0 Å². The zero-order chi connectivity index (χ0) is 14.0. The molecule has 1 unspecified atom stereocenters. The molecule has 1 aromatic heterocycles. The van der Waals surface area contributed by atoms with Gasteiger partial charge in [0.05, 0.1) is 10.5 Å². The van der Waals surface area contributed by atoms with Crippen molar-refractivity contribution in [2.24, 2.45) is 5.73 Å². The second-order valence-electron chi connectivity index (χ2n) is 3.81. The van der Waals surface area contributed by atoms with E-state index in [1.165, 1.54) is 6.07 Å². The monoisotopic (exact) mass is 329 g/mol. The van der Waals surface area contributed by atoms with Crippen LogP contribution in [0.3, 0.4) is 0 Å². The van der Waals surface area contributed by atoms with Crippen molar-refractivity contribution in [1.82, 2.24) is 10.1 Å². The minimum Gasteiger partial charge on any atom is -0.337 e. The average molecular weight is 330 g/mol. The van der Waals surface area contributed by atoms with E-state index < -0.39 is 17.7 Å². The molecule has 1 aromatic carbocycles. The van der Waals surface area contributed by atoms with Crippen molar-refractivity contribution >= 4 is 15.9 Å². The zero-order valence-electron chi connectivity index (χ0n) is 9.74. The van der Waals surface area contributed by atoms with E-state index in [-0.39, 0.29) is 16.2 Å². The first-order valence-electron chi connectivity index (χ1n) is 5.38. The van der Waals surface area contributed by atoms with Crippen molar-refractivity contribution in [2.75, 3.05) is 0 Å². The first-order valence-corrected chi connectivity index (χ1v) is 6.17. The minimum absolute atomic E-state index is 0.0582. The molecule has 0 aliphatic heterocycles. The second-order valence-corrected chi connectivity index (χ2v) is 4.60. The highest BCUT2D eigenvalue weighted by Gasteiger charge is 2.19. The predicted octanol–water partition coefficient (Wildman–Crippen LogP) is 3.35. The van der Waals surface area contributed by atoms with Crippen molar-refractivity contribution in [2.45, 2.75) is 12.5 Å². The van der Waals surface area contributed by atoms with Crippen molar-refractivity contribution in [3.63, 3.8) is 0 Å². The minimum atomic E-state index is -1.00. The van der Waals surface area contributed by atoms with Crippen LogP contribution in [0.1, 0.15) is 18.4 Å². The van der Waals surface area contributed by atoms with E-state index in [9.17, 15) is 8.78 Å². The third-order valence-corrected chi connectivity index (χ3v) is 3.23. The predicted molar refractivity (Wildman–Crippen MR) is 69.1 cm³/mol. The largest absolute Gasteiger partial charge is 0.337 e. The number of hydrogen-bond donors (Lipinski definition) is 1. The van der Waals surface area contributed by atoms with E-state index in [4.69, 9.17) is 10.3 Å². The van der Waals surface area contributed by atoms with Crippen molar-refractivity contribution in [3.05, 3.63) is 46.8 Å². The summed E-state index contributed by atoms with van der Waals surface area (Å²) in [6, 6.07) is 1.88. The Labute approximate surface area is 116 Å². The summed E-state index contributed by atoms with van der Waals surface area (Å²) in [6.07, 6.45) is 2.10. The quantitative estimate of drug-likeness (QED) is 0.690. The maximum absolute atomic E-state index is 13.4. The molecule has 0 aliphatic rings. The lowest BCUT2D eigenvalue weighted by atomic mass is 10.2. The van der Waals surface area contributed by atoms with Gasteiger partial charge in [-0.15, -0.1) is 6.58 Å². The molecule has 0 amide bonds. The Kier molecular flexibility index (Phi) is 4.06. The van der Waals surface area contributed by atoms with Crippen LogP contribution in [-0.2, 0) is 0 Å². The first kappa shape index (κ1) is 13.8. The normalized spacial score (nSPS) is 12.4. The van der Waals surface area contributed by atoms with E-state index in [0.29, 0.717) is 12.0 Å². The third-order valence-electron chi connectivity index (χ3n) is 2.46. The topological polar surface area (TPSA) is 64.9 Å². The van der Waals surface area contributed by atoms with Gasteiger partial charge in [0.25, 0.3) is 0 Å². The Hall–Kier alpha value is -1.60. The highest BCUT2D eigenvalue weighted by Crippen LogP contribution is 2.30. The molecule has 2 N–H and O–H groups in total. The standard InChI is InChI=1S/C12H10BrF2N3O/c1-2-3-8(16)12-17-11(18-19-12)6-4-5-7(14)10(15)9(6)13/h2,4-5,8H,1,3,16H2. The maximum atomic E-state index is 13.4. The van der Waals surface area contributed by atoms with Crippen molar-refractivity contribution < 1.29 is 13.3 Å². The number of nitrogens with two attached hydrogens (primary N) is 1. The third kappa shape index (κ3) is 2.71. The lowest BCUT2D eigenvalue weighted by Gasteiger charge is -2.02. The van der Waals surface area contributed by atoms with Crippen LogP contribution in [0.25, 0.3) is 11.4 Å². The molecule has 7 heteroatoms. The molecular weight excluding hydrogens is 320 g/mol. The summed E-state index contributed by atoms with van der Waals surface area (Å²) in [5.41, 5.74) is 6.07. The van der Waals surface area contributed by atoms with Gasteiger partial charge in [-0.3, -0.25) is 0 Å². The highest BCUT2D eigenvalue weighted by molar-refractivity contribution is 9.10. The second kappa shape index (κ2) is 5.58. The van der Waals surface area contributed by atoms with Crippen LogP contribution in [0.4, 0.5) is 8.78 Å². The van der Waals surface area contributed by atoms with Gasteiger partial charge in [-0.1, -0.05) is 11.2 Å². The van der Waals surface area contributed by atoms with Gasteiger partial charge in [-0.25, -0.2) is 8.78 Å². The average Bonchev–Trinajstić information content (AvgIpc) is 2.86. The summed E-state index contributed by atoms with van der Waals surface area (Å²) in [4.78, 5) is 4.06. The number of benzene rings is 1. The Bertz CT molecular complexity index is 615. The molecule has 19 heavy (non-hydrogen) atoms. The zero-order valence-corrected chi connectivity index (χ0v) is 11.3. The number of halogens is 3. The molecule has 0 saturated heterocycles. The fraction of sp³-hybridized carbons (Fsp3) is 0.167. The van der Waals surface area contributed by atoms with Gasteiger partial charge in [0, 0.05) is 5.56 Å². The summed E-state index contributed by atoms with van der Waals surface area (Å²) in [6.45, 7) is 3.56. The smallest absolute Gasteiger partial charge is 0.244 e. The van der Waals surface area contributed by atoms with Crippen LogP contribution in [0.15, 0.2) is 33.8 Å². The number of aromatic nitrogens is 2. The molecule has 0 radical (unpaired) electrons. The van der Waals surface area contributed by atoms with E-state index in [1.54, 1.807) is 6.08 Å². The van der Waals surface area contributed by atoms with Gasteiger partial charge >= 0.3 is 0 Å². The van der Waals surface area contributed by atoms with Crippen LogP contribution >= 0.6 is 15.9 Å². The SMILES string of the molecule is C=CCC(N)c1nc(-c2ccc(F)c(F)c2Br)no1. The van der Waals surface area contributed by atoms with Crippen LogP contribution in [0.2, 0.25) is 0 Å². The highest BCUT2D eigenvalue weighted by atomic mass is 79.9. The van der Waals surface area contributed by atoms with Gasteiger partial charge < -0.3 is 10.3 Å². The van der Waals surface area contributed by atoms with Crippen LogP contribution in [0.5, 0.6) is 0 Å². The molecule has 0 saturated carbocycles. The summed E-state index contributed by atoms with van der Waals surface area (Å²) in [5.74, 6) is -1.60. The van der Waals surface area contributed by atoms with E-state index in [2.05, 4.69) is 32.6 Å². The molecular formula is C12H10BrF2N3O. The van der Waals surface area contributed by atoms with E-state index in [0.717, 1.165) is 6.07 Å². The molecule has 1 atom stereocenters. The summed E-state index contributed by atoms with van der Waals surface area (Å²) >= 11 is 2.96. The Morgan fingerprint density at radius 3 is 2.89 bits per heavy atom.